The Labute approximate surface area is 142 Å². The lowest BCUT2D eigenvalue weighted by molar-refractivity contribution is -0.136. The summed E-state index contributed by atoms with van der Waals surface area (Å²) in [4.78, 5) is 42.0. The first-order chi connectivity index (χ1) is 12.0. The molecule has 1 saturated heterocycles. The molecular formula is C17H18N2O6. The summed E-state index contributed by atoms with van der Waals surface area (Å²) in [6, 6.07) is 1.80. The standard InChI is InChI=1S/C17H18N2O6/c20-7-12-11-5-10(9-3-4-25-8-9)6-18-16(11)19-17(24)15(12)13(21)1-2-14(22)23/h5-6,9,20H,1-4,7-8H2,(H,22,23)(H,18,19,24). The number of H-pyrrole nitrogens is 1. The minimum absolute atomic E-state index is 0.182. The number of aliphatic carboxylic acids is 1. The van der Waals surface area contributed by atoms with E-state index in [4.69, 9.17) is 9.84 Å². The number of aromatic amines is 1. The van der Waals surface area contributed by atoms with Gasteiger partial charge in [-0.15, -0.1) is 0 Å². The third-order valence-corrected chi connectivity index (χ3v) is 4.40. The SMILES string of the molecule is O=C(O)CCC(=O)c1c(CO)c2cc(C3CCOC3)cnc2[nH]c1=O. The van der Waals surface area contributed by atoms with Crippen molar-refractivity contribution in [1.29, 1.82) is 0 Å². The molecule has 132 valence electrons. The van der Waals surface area contributed by atoms with E-state index in [9.17, 15) is 19.5 Å². The molecule has 8 nitrogen and oxygen atoms in total. The Balaban J connectivity index is 2.09. The molecule has 0 amide bonds. The summed E-state index contributed by atoms with van der Waals surface area (Å²) in [6.07, 6.45) is 1.83. The number of Topliss-reactive ketones (excluding diaryl/α,β-unsaturated/α-hetero) is 1. The quantitative estimate of drug-likeness (QED) is 0.664. The molecule has 3 heterocycles. The fourth-order valence-corrected chi connectivity index (χ4v) is 3.08. The van der Waals surface area contributed by atoms with E-state index in [0.717, 1.165) is 12.0 Å². The van der Waals surface area contributed by atoms with E-state index in [-0.39, 0.29) is 35.5 Å². The first-order valence-electron chi connectivity index (χ1n) is 7.99. The molecule has 1 atom stereocenters. The molecule has 0 aliphatic carbocycles. The predicted octanol–water partition coefficient (Wildman–Crippen LogP) is 0.967. The van der Waals surface area contributed by atoms with Gasteiger partial charge < -0.3 is 19.9 Å². The number of aromatic nitrogens is 2. The van der Waals surface area contributed by atoms with Crippen LogP contribution < -0.4 is 5.56 Å². The zero-order valence-corrected chi connectivity index (χ0v) is 13.4. The van der Waals surface area contributed by atoms with E-state index in [0.29, 0.717) is 18.6 Å². The van der Waals surface area contributed by atoms with Crippen LogP contribution in [-0.2, 0) is 16.1 Å². The average Bonchev–Trinajstić information content (AvgIpc) is 3.12. The fraction of sp³-hybridized carbons (Fsp3) is 0.412. The van der Waals surface area contributed by atoms with Gasteiger partial charge in [0.1, 0.15) is 5.65 Å². The number of ketones is 1. The van der Waals surface area contributed by atoms with E-state index in [1.807, 2.05) is 0 Å². The Morgan fingerprint density at radius 1 is 1.36 bits per heavy atom. The van der Waals surface area contributed by atoms with Gasteiger partial charge >= 0.3 is 5.97 Å². The molecular weight excluding hydrogens is 328 g/mol. The van der Waals surface area contributed by atoms with Gasteiger partial charge in [-0.25, -0.2) is 4.98 Å². The molecule has 1 aliphatic rings. The number of carboxylic acid groups (broad SMARTS) is 1. The normalized spacial score (nSPS) is 17.1. The van der Waals surface area contributed by atoms with Crippen molar-refractivity contribution in [3.05, 3.63) is 39.3 Å². The number of nitrogens with zero attached hydrogens (tertiary/aromatic N) is 1. The number of rotatable bonds is 6. The highest BCUT2D eigenvalue weighted by Crippen LogP contribution is 2.28. The van der Waals surface area contributed by atoms with Gasteiger partial charge in [-0.05, 0) is 18.1 Å². The number of pyridine rings is 2. The van der Waals surface area contributed by atoms with Gasteiger partial charge in [-0.3, -0.25) is 14.4 Å². The minimum Gasteiger partial charge on any atom is -0.481 e. The molecule has 0 saturated carbocycles. The van der Waals surface area contributed by atoms with Gasteiger partial charge in [0.15, 0.2) is 5.78 Å². The van der Waals surface area contributed by atoms with Crippen molar-refractivity contribution < 1.29 is 24.5 Å². The van der Waals surface area contributed by atoms with Crippen molar-refractivity contribution in [2.75, 3.05) is 13.2 Å². The molecule has 3 rings (SSSR count). The van der Waals surface area contributed by atoms with Gasteiger partial charge in [-0.2, -0.15) is 0 Å². The molecule has 0 spiro atoms. The Hall–Kier alpha value is -2.58. The number of aliphatic hydroxyl groups is 1. The van der Waals surface area contributed by atoms with Crippen LogP contribution in [0.5, 0.6) is 0 Å². The predicted molar refractivity (Wildman–Crippen MR) is 87.7 cm³/mol. The largest absolute Gasteiger partial charge is 0.481 e. The van der Waals surface area contributed by atoms with Crippen molar-refractivity contribution in [2.45, 2.75) is 31.8 Å². The average molecular weight is 346 g/mol. The first kappa shape index (κ1) is 17.2. The number of hydrogen-bond donors (Lipinski definition) is 3. The van der Waals surface area contributed by atoms with Crippen LogP contribution >= 0.6 is 0 Å². The minimum atomic E-state index is -1.12. The Bertz CT molecular complexity index is 883. The Morgan fingerprint density at radius 2 is 2.16 bits per heavy atom. The number of aliphatic hydroxyl groups excluding tert-OH is 1. The summed E-state index contributed by atoms with van der Waals surface area (Å²) in [5.74, 6) is -1.55. The second-order valence-electron chi connectivity index (χ2n) is 6.01. The molecule has 25 heavy (non-hydrogen) atoms. The van der Waals surface area contributed by atoms with Crippen molar-refractivity contribution in [3.63, 3.8) is 0 Å². The number of carbonyl (C=O) groups excluding carboxylic acids is 1. The summed E-state index contributed by atoms with van der Waals surface area (Å²) < 4.78 is 5.37. The lowest BCUT2D eigenvalue weighted by atomic mass is 9.95. The van der Waals surface area contributed by atoms with E-state index in [1.165, 1.54) is 0 Å². The van der Waals surface area contributed by atoms with Crippen molar-refractivity contribution in [3.8, 4) is 0 Å². The highest BCUT2D eigenvalue weighted by Gasteiger charge is 2.23. The Morgan fingerprint density at radius 3 is 2.80 bits per heavy atom. The number of nitrogens with one attached hydrogen (secondary N) is 1. The lowest BCUT2D eigenvalue weighted by Gasteiger charge is -2.12. The maximum absolute atomic E-state index is 12.3. The molecule has 0 radical (unpaired) electrons. The van der Waals surface area contributed by atoms with Gasteiger partial charge in [0.05, 0.1) is 25.2 Å². The highest BCUT2D eigenvalue weighted by molar-refractivity contribution is 6.01. The monoisotopic (exact) mass is 346 g/mol. The van der Waals surface area contributed by atoms with E-state index < -0.39 is 23.9 Å². The van der Waals surface area contributed by atoms with Crippen molar-refractivity contribution >= 4 is 22.8 Å². The van der Waals surface area contributed by atoms with Crippen LogP contribution in [0.3, 0.4) is 0 Å². The third-order valence-electron chi connectivity index (χ3n) is 4.40. The number of ether oxygens (including phenoxy) is 1. The van der Waals surface area contributed by atoms with Gasteiger partial charge in [0.25, 0.3) is 5.56 Å². The Kier molecular flexibility index (Phi) is 4.91. The summed E-state index contributed by atoms with van der Waals surface area (Å²) in [5, 5.41) is 19.0. The van der Waals surface area contributed by atoms with Crippen LogP contribution in [0, 0.1) is 0 Å². The highest BCUT2D eigenvalue weighted by atomic mass is 16.5. The zero-order chi connectivity index (χ0) is 18.0. The van der Waals surface area contributed by atoms with Crippen LogP contribution in [0.1, 0.15) is 46.7 Å². The molecule has 1 fully saturated rings. The van der Waals surface area contributed by atoms with E-state index in [1.54, 1.807) is 12.3 Å². The molecule has 0 bridgehead atoms. The summed E-state index contributed by atoms with van der Waals surface area (Å²) in [6.45, 7) is 0.733. The molecule has 8 heteroatoms. The molecule has 2 aromatic heterocycles. The van der Waals surface area contributed by atoms with Crippen molar-refractivity contribution in [1.82, 2.24) is 9.97 Å². The van der Waals surface area contributed by atoms with E-state index in [2.05, 4.69) is 9.97 Å². The van der Waals surface area contributed by atoms with Crippen LogP contribution in [-0.4, -0.2) is 45.1 Å². The maximum atomic E-state index is 12.3. The summed E-state index contributed by atoms with van der Waals surface area (Å²) in [7, 11) is 0. The van der Waals surface area contributed by atoms with E-state index >= 15 is 0 Å². The molecule has 0 aromatic carbocycles. The summed E-state index contributed by atoms with van der Waals surface area (Å²) in [5.41, 5.74) is 0.513. The fourth-order valence-electron chi connectivity index (χ4n) is 3.08. The number of hydrogen-bond acceptors (Lipinski definition) is 6. The number of carboxylic acids is 1. The second kappa shape index (κ2) is 7.12. The summed E-state index contributed by atoms with van der Waals surface area (Å²) >= 11 is 0. The molecule has 3 N–H and O–H groups in total. The molecule has 1 aliphatic heterocycles. The van der Waals surface area contributed by atoms with Crippen LogP contribution in [0.25, 0.3) is 11.0 Å². The zero-order valence-electron chi connectivity index (χ0n) is 13.4. The maximum Gasteiger partial charge on any atom is 0.303 e. The van der Waals surface area contributed by atoms with Gasteiger partial charge in [-0.1, -0.05) is 0 Å². The van der Waals surface area contributed by atoms with Gasteiger partial charge in [0.2, 0.25) is 0 Å². The number of carbonyl (C=O) groups is 2. The van der Waals surface area contributed by atoms with Crippen molar-refractivity contribution in [2.24, 2.45) is 0 Å². The molecule has 1 unspecified atom stereocenters. The molecule has 2 aromatic rings. The third kappa shape index (κ3) is 3.45. The van der Waals surface area contributed by atoms with Crippen LogP contribution in [0.4, 0.5) is 0 Å². The smallest absolute Gasteiger partial charge is 0.303 e. The van der Waals surface area contributed by atoms with Gasteiger partial charge in [0, 0.05) is 36.1 Å². The second-order valence-corrected chi connectivity index (χ2v) is 6.01. The lowest BCUT2D eigenvalue weighted by Crippen LogP contribution is -2.22. The van der Waals surface area contributed by atoms with Crippen LogP contribution in [0.15, 0.2) is 17.1 Å². The topological polar surface area (TPSA) is 130 Å². The van der Waals surface area contributed by atoms with Crippen LogP contribution in [0.2, 0.25) is 0 Å². The first-order valence-corrected chi connectivity index (χ1v) is 7.99. The number of fused-ring (bicyclic) bond motifs is 1.